The molecule has 2 nitrogen and oxygen atoms in total. The molecule has 2 aromatic carbocycles. The maximum atomic E-state index is 14.6. The van der Waals surface area contributed by atoms with Gasteiger partial charge in [-0.25, -0.2) is 13.2 Å². The summed E-state index contributed by atoms with van der Waals surface area (Å²) in [5.74, 6) is -6.72. The molecule has 2 aromatic rings. The second-order valence-corrected chi connectivity index (χ2v) is 7.48. The van der Waals surface area contributed by atoms with E-state index in [9.17, 15) is 30.7 Å². The van der Waals surface area contributed by atoms with E-state index in [0.717, 1.165) is 5.56 Å². The molecule has 9 heteroatoms. The molecule has 0 saturated heterocycles. The number of hydrogen-bond donors (Lipinski definition) is 0. The maximum absolute atomic E-state index is 14.6. The molecule has 0 atom stereocenters. The van der Waals surface area contributed by atoms with Crippen LogP contribution in [0.2, 0.25) is 0 Å². The van der Waals surface area contributed by atoms with Gasteiger partial charge in [0.25, 0.3) is 0 Å². The summed E-state index contributed by atoms with van der Waals surface area (Å²) in [6.07, 6.45) is -5.57. The van der Waals surface area contributed by atoms with Gasteiger partial charge in [0.15, 0.2) is 23.6 Å². The third-order valence-corrected chi connectivity index (χ3v) is 5.29. The summed E-state index contributed by atoms with van der Waals surface area (Å²) in [6.45, 7) is 1.75. The number of ether oxygens (including phenoxy) is 2. The summed E-state index contributed by atoms with van der Waals surface area (Å²) >= 11 is 0. The van der Waals surface area contributed by atoms with Crippen LogP contribution in [0.3, 0.4) is 0 Å². The number of aryl methyl sites for hydroxylation is 1. The van der Waals surface area contributed by atoms with Crippen molar-refractivity contribution < 1.29 is 40.2 Å². The lowest BCUT2D eigenvalue weighted by Gasteiger charge is -2.33. The van der Waals surface area contributed by atoms with Crippen LogP contribution in [-0.4, -0.2) is 6.11 Å². The van der Waals surface area contributed by atoms with Gasteiger partial charge < -0.3 is 9.47 Å². The Morgan fingerprint density at radius 1 is 0.935 bits per heavy atom. The van der Waals surface area contributed by atoms with E-state index in [-0.39, 0.29) is 30.8 Å². The number of hydrogen-bond acceptors (Lipinski definition) is 2. The summed E-state index contributed by atoms with van der Waals surface area (Å²) < 4.78 is 104. The number of alkyl halides is 2. The third-order valence-electron chi connectivity index (χ3n) is 5.29. The largest absolute Gasteiger partial charge is 0.453 e. The second kappa shape index (κ2) is 9.20. The SMILES string of the molecule is Cc1ccc(C2CCC(C(F)(F)Oc3cc(F)c(OC=C(F)F)c(F)c3)CC2)c(F)c1. The van der Waals surface area contributed by atoms with Gasteiger partial charge in [0.05, 0.1) is 5.92 Å². The highest BCUT2D eigenvalue weighted by Crippen LogP contribution is 2.44. The Balaban J connectivity index is 1.67. The summed E-state index contributed by atoms with van der Waals surface area (Å²) in [7, 11) is 0. The maximum Gasteiger partial charge on any atom is 0.400 e. The Morgan fingerprint density at radius 2 is 1.55 bits per heavy atom. The van der Waals surface area contributed by atoms with Crippen LogP contribution in [0.25, 0.3) is 0 Å². The van der Waals surface area contributed by atoms with Gasteiger partial charge in [0, 0.05) is 12.1 Å². The van der Waals surface area contributed by atoms with Crippen molar-refractivity contribution in [2.24, 2.45) is 5.92 Å². The van der Waals surface area contributed by atoms with E-state index in [1.807, 2.05) is 0 Å². The zero-order valence-electron chi connectivity index (χ0n) is 16.4. The fourth-order valence-corrected chi connectivity index (χ4v) is 3.76. The molecule has 0 heterocycles. The Labute approximate surface area is 174 Å². The molecule has 1 fully saturated rings. The Morgan fingerprint density at radius 3 is 2.10 bits per heavy atom. The summed E-state index contributed by atoms with van der Waals surface area (Å²) in [5, 5.41) is 0. The van der Waals surface area contributed by atoms with Crippen molar-refractivity contribution in [2.75, 3.05) is 0 Å². The predicted octanol–water partition coefficient (Wildman–Crippen LogP) is 7.47. The van der Waals surface area contributed by atoms with Gasteiger partial charge in [-0.2, -0.15) is 17.6 Å². The molecular weight excluding hydrogens is 429 g/mol. The zero-order chi connectivity index (χ0) is 22.8. The number of halogens is 7. The first kappa shape index (κ1) is 23.0. The molecule has 3 rings (SSSR count). The van der Waals surface area contributed by atoms with Crippen molar-refractivity contribution in [3.05, 3.63) is 71.3 Å². The quantitative estimate of drug-likeness (QED) is 0.337. The first-order chi connectivity index (χ1) is 14.6. The minimum absolute atomic E-state index is 0.0255. The molecule has 0 bridgehead atoms. The molecule has 0 spiro atoms. The topological polar surface area (TPSA) is 18.5 Å². The van der Waals surface area contributed by atoms with E-state index in [2.05, 4.69) is 9.47 Å². The lowest BCUT2D eigenvalue weighted by atomic mass is 9.78. The normalized spacial score (nSPS) is 19.1. The standard InChI is InChI=1S/C22H19F7O2/c1-12-2-7-16(17(23)8-12)13-3-5-14(6-4-13)22(28,29)31-15-9-18(24)21(19(25)10-15)30-11-20(26)27/h2,7-11,13-14H,3-6H2,1H3. The first-order valence-electron chi connectivity index (χ1n) is 9.56. The molecule has 31 heavy (non-hydrogen) atoms. The molecule has 1 aliphatic carbocycles. The van der Waals surface area contributed by atoms with Crippen LogP contribution < -0.4 is 9.47 Å². The Hall–Kier alpha value is -2.71. The summed E-state index contributed by atoms with van der Waals surface area (Å²) in [5.41, 5.74) is 1.24. The first-order valence-corrected chi connectivity index (χ1v) is 9.56. The van der Waals surface area contributed by atoms with Gasteiger partial charge >= 0.3 is 12.2 Å². The number of rotatable bonds is 6. The molecular formula is C22H19F7O2. The molecule has 0 unspecified atom stereocenters. The fraction of sp³-hybridized carbons (Fsp3) is 0.364. The monoisotopic (exact) mass is 448 g/mol. The highest BCUT2D eigenvalue weighted by atomic mass is 19.3. The van der Waals surface area contributed by atoms with Crippen molar-refractivity contribution >= 4 is 0 Å². The van der Waals surface area contributed by atoms with Crippen LogP contribution in [0, 0.1) is 30.3 Å². The molecule has 0 radical (unpaired) electrons. The van der Waals surface area contributed by atoms with E-state index in [0.29, 0.717) is 30.5 Å². The van der Waals surface area contributed by atoms with Gasteiger partial charge in [-0.3, -0.25) is 0 Å². The van der Waals surface area contributed by atoms with E-state index in [1.165, 1.54) is 6.07 Å². The average Bonchev–Trinajstić information content (AvgIpc) is 2.67. The molecule has 0 N–H and O–H groups in total. The van der Waals surface area contributed by atoms with Gasteiger partial charge in [-0.1, -0.05) is 12.1 Å². The van der Waals surface area contributed by atoms with Crippen LogP contribution in [0.1, 0.15) is 42.7 Å². The van der Waals surface area contributed by atoms with Crippen molar-refractivity contribution in [2.45, 2.75) is 44.6 Å². The average molecular weight is 448 g/mol. The highest BCUT2D eigenvalue weighted by Gasteiger charge is 2.44. The van der Waals surface area contributed by atoms with Gasteiger partial charge in [0.2, 0.25) is 0 Å². The van der Waals surface area contributed by atoms with E-state index in [4.69, 9.17) is 0 Å². The van der Waals surface area contributed by atoms with Crippen LogP contribution in [0.15, 0.2) is 42.7 Å². The molecule has 168 valence electrons. The van der Waals surface area contributed by atoms with E-state index >= 15 is 0 Å². The zero-order valence-corrected chi connectivity index (χ0v) is 16.4. The highest BCUT2D eigenvalue weighted by molar-refractivity contribution is 5.35. The van der Waals surface area contributed by atoms with E-state index in [1.54, 1.807) is 19.1 Å². The smallest absolute Gasteiger partial charge is 0.400 e. The van der Waals surface area contributed by atoms with Crippen molar-refractivity contribution in [1.82, 2.24) is 0 Å². The Kier molecular flexibility index (Phi) is 6.81. The van der Waals surface area contributed by atoms with Gasteiger partial charge in [-0.05, 0) is 55.7 Å². The van der Waals surface area contributed by atoms with Crippen molar-refractivity contribution in [3.8, 4) is 11.5 Å². The number of benzene rings is 2. The van der Waals surface area contributed by atoms with E-state index < -0.39 is 41.2 Å². The van der Waals surface area contributed by atoms with Gasteiger partial charge in [-0.15, -0.1) is 0 Å². The van der Waals surface area contributed by atoms with Crippen LogP contribution in [-0.2, 0) is 0 Å². The van der Waals surface area contributed by atoms with Crippen LogP contribution in [0.5, 0.6) is 11.5 Å². The van der Waals surface area contributed by atoms with Crippen molar-refractivity contribution in [1.29, 1.82) is 0 Å². The van der Waals surface area contributed by atoms with Gasteiger partial charge in [0.1, 0.15) is 11.6 Å². The molecule has 0 aliphatic heterocycles. The summed E-state index contributed by atoms with van der Waals surface area (Å²) in [6, 6.07) is 5.68. The van der Waals surface area contributed by atoms with Crippen LogP contribution >= 0.6 is 0 Å². The minimum Gasteiger partial charge on any atom is -0.453 e. The summed E-state index contributed by atoms with van der Waals surface area (Å²) in [4.78, 5) is 0. The Bertz CT molecular complexity index is 939. The van der Waals surface area contributed by atoms with Crippen LogP contribution in [0.4, 0.5) is 30.7 Å². The second-order valence-electron chi connectivity index (χ2n) is 7.48. The minimum atomic E-state index is -3.73. The van der Waals surface area contributed by atoms with Crippen molar-refractivity contribution in [3.63, 3.8) is 0 Å². The third kappa shape index (κ3) is 5.51. The molecule has 1 saturated carbocycles. The molecule has 0 aromatic heterocycles. The molecule has 1 aliphatic rings. The fourth-order valence-electron chi connectivity index (χ4n) is 3.76. The lowest BCUT2D eigenvalue weighted by molar-refractivity contribution is -0.222. The molecule has 0 amide bonds. The lowest BCUT2D eigenvalue weighted by Crippen LogP contribution is -2.37. The predicted molar refractivity (Wildman–Crippen MR) is 98.7 cm³/mol.